The van der Waals surface area contributed by atoms with Crippen LogP contribution in [0.2, 0.25) is 10.0 Å². The third kappa shape index (κ3) is 13.3. The van der Waals surface area contributed by atoms with Gasteiger partial charge in [0.25, 0.3) is 11.8 Å². The van der Waals surface area contributed by atoms with E-state index in [1.165, 1.54) is 46.8 Å². The highest BCUT2D eigenvalue weighted by molar-refractivity contribution is 9.10. The van der Waals surface area contributed by atoms with Gasteiger partial charge < -0.3 is 33.8 Å². The maximum atomic E-state index is 12.3. The van der Waals surface area contributed by atoms with Crippen LogP contribution in [0.5, 0.6) is 17.2 Å². The van der Waals surface area contributed by atoms with Gasteiger partial charge in [-0.1, -0.05) is 61.1 Å². The molecule has 2 saturated heterocycles. The number of piperidine rings is 2. The minimum atomic E-state index is -0.0590. The number of hydrogen-bond acceptors (Lipinski definition) is 7. The number of rotatable bonds is 13. The van der Waals surface area contributed by atoms with Crippen molar-refractivity contribution >= 4 is 66.9 Å². The predicted molar refractivity (Wildman–Crippen MR) is 253 cm³/mol. The van der Waals surface area contributed by atoms with Gasteiger partial charge in [-0.3, -0.25) is 9.59 Å². The maximum absolute atomic E-state index is 12.3. The summed E-state index contributed by atoms with van der Waals surface area (Å²) in [7, 11) is 8.71. The quantitative estimate of drug-likeness (QED) is 0.132. The van der Waals surface area contributed by atoms with Gasteiger partial charge in [-0.15, -0.1) is 0 Å². The van der Waals surface area contributed by atoms with Gasteiger partial charge in [-0.2, -0.15) is 0 Å². The molecule has 13 heteroatoms. The number of likely N-dealkylation sites (tertiary alicyclic amines) is 2. The van der Waals surface area contributed by atoms with Crippen molar-refractivity contribution in [2.75, 3.05) is 81.4 Å². The van der Waals surface area contributed by atoms with Crippen molar-refractivity contribution in [3.63, 3.8) is 0 Å². The van der Waals surface area contributed by atoms with Crippen molar-refractivity contribution in [3.05, 3.63) is 119 Å². The summed E-state index contributed by atoms with van der Waals surface area (Å²) >= 11 is 20.0. The number of ether oxygens (including phenoxy) is 3. The number of halogens is 4. The summed E-state index contributed by atoms with van der Waals surface area (Å²) in [5, 5.41) is 1.16. The highest BCUT2D eigenvalue weighted by Gasteiger charge is 2.24. The maximum Gasteiger partial charge on any atom is 0.254 e. The first-order valence-electron chi connectivity index (χ1n) is 21.1. The van der Waals surface area contributed by atoms with Gasteiger partial charge in [0, 0.05) is 60.8 Å². The van der Waals surface area contributed by atoms with Crippen molar-refractivity contribution in [1.29, 1.82) is 0 Å². The molecule has 0 atom stereocenters. The van der Waals surface area contributed by atoms with Crippen LogP contribution in [0, 0.1) is 11.8 Å². The van der Waals surface area contributed by atoms with Crippen molar-refractivity contribution in [2.24, 2.45) is 11.8 Å². The van der Waals surface area contributed by atoms with Crippen LogP contribution in [0.1, 0.15) is 68.7 Å². The molecule has 0 bridgehead atoms. The van der Waals surface area contributed by atoms with Gasteiger partial charge in [0.05, 0.1) is 17.7 Å². The Morgan fingerprint density at radius 1 is 0.689 bits per heavy atom. The molecule has 3 aliphatic heterocycles. The number of carbonyl (C=O) groups excluding carboxylic acids is 2. The number of methoxy groups -OCH3 is 1. The van der Waals surface area contributed by atoms with Crippen LogP contribution in [-0.4, -0.2) is 113 Å². The van der Waals surface area contributed by atoms with Crippen molar-refractivity contribution in [3.8, 4) is 17.2 Å². The molecular weight excluding hydrogens is 943 g/mol. The van der Waals surface area contributed by atoms with E-state index in [0.717, 1.165) is 92.2 Å². The SMILES string of the molecule is CN(C)C(=O)c1cc(Cl)cc(CCN2CCC(Cc3cc4c(cc3Br)OCO4)CC2)c1.COc1ccc(Br)c(CC2CCN(CCc3ccc(C(=O)N(C)C)c(Cl)c3)CC2)c1. The van der Waals surface area contributed by atoms with E-state index < -0.39 is 0 Å². The third-order valence-corrected chi connectivity index (χ3v) is 14.0. The molecule has 2 fully saturated rings. The van der Waals surface area contributed by atoms with Gasteiger partial charge in [-0.05, 0) is 172 Å². The average molecular weight is 1000 g/mol. The zero-order chi connectivity index (χ0) is 43.6. The Morgan fingerprint density at radius 2 is 1.26 bits per heavy atom. The summed E-state index contributed by atoms with van der Waals surface area (Å²) in [5.74, 6) is 3.89. The highest BCUT2D eigenvalue weighted by atomic mass is 79.9. The van der Waals surface area contributed by atoms with E-state index in [2.05, 4.69) is 59.9 Å². The van der Waals surface area contributed by atoms with Crippen molar-refractivity contribution in [2.45, 2.75) is 51.4 Å². The van der Waals surface area contributed by atoms with Gasteiger partial charge in [0.2, 0.25) is 6.79 Å². The Bertz CT molecular complexity index is 2140. The molecule has 0 unspecified atom stereocenters. The number of nitrogens with zero attached hydrogens (tertiary/aromatic N) is 4. The largest absolute Gasteiger partial charge is 0.497 e. The second-order valence-electron chi connectivity index (χ2n) is 16.8. The Labute approximate surface area is 388 Å². The third-order valence-electron chi connectivity index (χ3n) is 11.9. The molecule has 4 aromatic carbocycles. The summed E-state index contributed by atoms with van der Waals surface area (Å²) < 4.78 is 18.6. The fraction of sp³-hybridized carbons (Fsp3) is 0.458. The summed E-state index contributed by atoms with van der Waals surface area (Å²) in [6.07, 6.45) is 8.76. The average Bonchev–Trinajstić information content (AvgIpc) is 3.70. The summed E-state index contributed by atoms with van der Waals surface area (Å²) in [4.78, 5) is 32.6. The van der Waals surface area contributed by atoms with E-state index in [1.54, 1.807) is 51.2 Å². The van der Waals surface area contributed by atoms with E-state index in [0.29, 0.717) is 39.8 Å². The molecule has 3 heterocycles. The van der Waals surface area contributed by atoms with Crippen LogP contribution in [0.4, 0.5) is 0 Å². The topological polar surface area (TPSA) is 74.8 Å². The number of hydrogen-bond donors (Lipinski definition) is 0. The van der Waals surface area contributed by atoms with E-state index >= 15 is 0 Å². The molecule has 0 saturated carbocycles. The van der Waals surface area contributed by atoms with Gasteiger partial charge >= 0.3 is 0 Å². The second-order valence-corrected chi connectivity index (χ2v) is 19.3. The Kier molecular flexibility index (Phi) is 17.3. The van der Waals surface area contributed by atoms with E-state index in [-0.39, 0.29) is 11.8 Å². The number of carbonyl (C=O) groups is 2. The molecule has 0 aliphatic carbocycles. The van der Waals surface area contributed by atoms with Crippen LogP contribution < -0.4 is 14.2 Å². The lowest BCUT2D eigenvalue weighted by Gasteiger charge is -2.32. The fourth-order valence-electron chi connectivity index (χ4n) is 8.28. The Morgan fingerprint density at radius 3 is 1.84 bits per heavy atom. The summed E-state index contributed by atoms with van der Waals surface area (Å²) in [6.45, 7) is 6.74. The highest BCUT2D eigenvalue weighted by Crippen LogP contribution is 2.38. The second kappa shape index (κ2) is 22.3. The van der Waals surface area contributed by atoms with Crippen molar-refractivity contribution < 1.29 is 23.8 Å². The first-order valence-corrected chi connectivity index (χ1v) is 23.5. The molecule has 61 heavy (non-hydrogen) atoms. The van der Waals surface area contributed by atoms with Crippen LogP contribution in [0.3, 0.4) is 0 Å². The fourth-order valence-corrected chi connectivity index (χ4v) is 9.71. The molecule has 0 N–H and O–H groups in total. The Balaban J connectivity index is 0.000000204. The molecule has 3 aliphatic rings. The first-order chi connectivity index (χ1) is 29.3. The molecule has 4 aromatic rings. The van der Waals surface area contributed by atoms with E-state index in [9.17, 15) is 9.59 Å². The lowest BCUT2D eigenvalue weighted by atomic mass is 9.90. The summed E-state index contributed by atoms with van der Waals surface area (Å²) in [6, 6.07) is 21.8. The molecule has 0 radical (unpaired) electrons. The lowest BCUT2D eigenvalue weighted by molar-refractivity contribution is 0.0820. The van der Waals surface area contributed by atoms with Gasteiger partial charge in [0.1, 0.15) is 5.75 Å². The molecule has 328 valence electrons. The normalized spacial score (nSPS) is 15.9. The monoisotopic (exact) mass is 998 g/mol. The molecule has 9 nitrogen and oxygen atoms in total. The smallest absolute Gasteiger partial charge is 0.254 e. The molecular formula is C48H58Br2Cl2N4O5. The van der Waals surface area contributed by atoms with Crippen LogP contribution in [0.15, 0.2) is 75.7 Å². The predicted octanol–water partition coefficient (Wildman–Crippen LogP) is 10.3. The van der Waals surface area contributed by atoms with Crippen LogP contribution >= 0.6 is 55.1 Å². The van der Waals surface area contributed by atoms with E-state index in [1.807, 2.05) is 42.5 Å². The van der Waals surface area contributed by atoms with Crippen molar-refractivity contribution in [1.82, 2.24) is 19.6 Å². The van der Waals surface area contributed by atoms with Crippen LogP contribution in [-0.2, 0) is 25.7 Å². The minimum Gasteiger partial charge on any atom is -0.497 e. The number of benzene rings is 4. The first kappa shape index (κ1) is 47.2. The summed E-state index contributed by atoms with van der Waals surface area (Å²) in [5.41, 5.74) is 6.13. The number of amides is 2. The van der Waals surface area contributed by atoms with Crippen LogP contribution in [0.25, 0.3) is 0 Å². The molecule has 2 amide bonds. The van der Waals surface area contributed by atoms with Gasteiger partial charge in [0.15, 0.2) is 11.5 Å². The van der Waals surface area contributed by atoms with E-state index in [4.69, 9.17) is 37.4 Å². The standard InChI is InChI=1S/C24H28BrClN2O3.C24H30BrClN2O2/c1-27(2)24(29)19-10-17(11-20(26)12-19)5-8-28-6-3-16(4-7-28)9-18-13-22-23(14-21(18)25)31-15-30-22;1-27(2)24(29)21-6-4-17(15-23(21)26)8-11-28-12-9-18(10-13-28)14-19-16-20(30-3)5-7-22(19)25/h10-14,16H,3-9,15H2,1-2H3;4-7,15-16,18H,8-14H2,1-3H3. The zero-order valence-corrected chi connectivity index (χ0v) is 40.6. The van der Waals surface area contributed by atoms with Gasteiger partial charge in [-0.25, -0.2) is 0 Å². The molecule has 0 aromatic heterocycles. The lowest BCUT2D eigenvalue weighted by Crippen LogP contribution is -2.35. The molecule has 0 spiro atoms. The zero-order valence-electron chi connectivity index (χ0n) is 36.0. The molecule has 7 rings (SSSR count). The number of fused-ring (bicyclic) bond motifs is 1. The Hall–Kier alpha value is -3.32. The minimum absolute atomic E-state index is 0.0146.